The number of aldehydes is 1. The maximum absolute atomic E-state index is 10.9. The Morgan fingerprint density at radius 1 is 1.04 bits per heavy atom. The van der Waals surface area contributed by atoms with Crippen molar-refractivity contribution in [2.24, 2.45) is 0 Å². The summed E-state index contributed by atoms with van der Waals surface area (Å²) in [5.74, 6) is 0.883. The van der Waals surface area contributed by atoms with Crippen molar-refractivity contribution in [3.8, 4) is 11.5 Å². The van der Waals surface area contributed by atoms with E-state index < -0.39 is 0 Å². The molecule has 0 unspecified atom stereocenters. The second-order valence-electron chi connectivity index (χ2n) is 5.12. The van der Waals surface area contributed by atoms with Gasteiger partial charge in [-0.3, -0.25) is 4.79 Å². The summed E-state index contributed by atoms with van der Waals surface area (Å²) in [6.07, 6.45) is 0.724. The summed E-state index contributed by atoms with van der Waals surface area (Å²) in [4.78, 5) is 10.9. The number of benzene rings is 3. The van der Waals surface area contributed by atoms with Crippen molar-refractivity contribution in [2.75, 3.05) is 7.11 Å². The Morgan fingerprint density at radius 2 is 1.83 bits per heavy atom. The zero-order chi connectivity index (χ0) is 16.2. The minimum absolute atomic E-state index is 0.354. The van der Waals surface area contributed by atoms with Gasteiger partial charge in [0, 0.05) is 5.56 Å². The van der Waals surface area contributed by atoms with Crippen LogP contribution in [-0.2, 0) is 6.61 Å². The Balaban J connectivity index is 1.85. The van der Waals surface area contributed by atoms with Crippen molar-refractivity contribution in [1.82, 2.24) is 0 Å². The molecular weight excluding hydrogens is 312 g/mol. The molecule has 0 bridgehead atoms. The van der Waals surface area contributed by atoms with E-state index in [4.69, 9.17) is 21.1 Å². The molecule has 3 nitrogen and oxygen atoms in total. The van der Waals surface area contributed by atoms with Gasteiger partial charge in [-0.05, 0) is 34.5 Å². The number of methoxy groups -OCH3 is 1. The summed E-state index contributed by atoms with van der Waals surface area (Å²) in [6.45, 7) is 0.362. The van der Waals surface area contributed by atoms with E-state index in [1.165, 1.54) is 12.5 Å². The summed E-state index contributed by atoms with van der Waals surface area (Å²) < 4.78 is 11.1. The summed E-state index contributed by atoms with van der Waals surface area (Å²) in [5.41, 5.74) is 1.48. The molecule has 3 rings (SSSR count). The first-order valence-corrected chi connectivity index (χ1v) is 7.52. The van der Waals surface area contributed by atoms with E-state index in [0.717, 1.165) is 17.2 Å². The van der Waals surface area contributed by atoms with Crippen LogP contribution in [0.2, 0.25) is 5.02 Å². The molecule has 3 aromatic carbocycles. The van der Waals surface area contributed by atoms with E-state index in [0.29, 0.717) is 28.7 Å². The smallest absolute Gasteiger partial charge is 0.180 e. The van der Waals surface area contributed by atoms with Gasteiger partial charge in [0.05, 0.1) is 12.1 Å². The molecular formula is C19H15ClO3. The first kappa shape index (κ1) is 15.4. The molecule has 3 aromatic rings. The van der Waals surface area contributed by atoms with Crippen LogP contribution < -0.4 is 9.47 Å². The van der Waals surface area contributed by atoms with E-state index in [1.807, 2.05) is 18.2 Å². The third-order valence-corrected chi connectivity index (χ3v) is 3.87. The van der Waals surface area contributed by atoms with Gasteiger partial charge in [0.2, 0.25) is 0 Å². The molecule has 0 aliphatic rings. The fourth-order valence-corrected chi connectivity index (χ4v) is 2.71. The van der Waals surface area contributed by atoms with Crippen LogP contribution in [0.3, 0.4) is 0 Å². The van der Waals surface area contributed by atoms with Crippen molar-refractivity contribution in [3.63, 3.8) is 0 Å². The van der Waals surface area contributed by atoms with Crippen LogP contribution in [0.15, 0.2) is 54.6 Å². The second-order valence-corrected chi connectivity index (χ2v) is 5.53. The molecule has 116 valence electrons. The molecule has 0 amide bonds. The van der Waals surface area contributed by atoms with E-state index in [1.54, 1.807) is 12.1 Å². The molecule has 0 aliphatic carbocycles. The standard InChI is InChI=1S/C19H15ClO3/c1-22-18-10-14(11-21)9-17(20)19(18)23-12-13-6-7-15-4-2-3-5-16(15)8-13/h2-11H,12H2,1H3. The Hall–Kier alpha value is -2.52. The topological polar surface area (TPSA) is 35.5 Å². The molecule has 4 heteroatoms. The van der Waals surface area contributed by atoms with Gasteiger partial charge in [-0.15, -0.1) is 0 Å². The molecule has 0 saturated carbocycles. The van der Waals surface area contributed by atoms with Crippen LogP contribution in [0.25, 0.3) is 10.8 Å². The van der Waals surface area contributed by atoms with Crippen molar-refractivity contribution < 1.29 is 14.3 Å². The number of hydrogen-bond donors (Lipinski definition) is 0. The normalized spacial score (nSPS) is 10.5. The second kappa shape index (κ2) is 6.71. The van der Waals surface area contributed by atoms with Crippen LogP contribution in [-0.4, -0.2) is 13.4 Å². The van der Waals surface area contributed by atoms with Gasteiger partial charge >= 0.3 is 0 Å². The Kier molecular flexibility index (Phi) is 4.49. The highest BCUT2D eigenvalue weighted by atomic mass is 35.5. The van der Waals surface area contributed by atoms with Crippen LogP contribution in [0.5, 0.6) is 11.5 Å². The third-order valence-electron chi connectivity index (χ3n) is 3.58. The first-order chi connectivity index (χ1) is 11.2. The first-order valence-electron chi connectivity index (χ1n) is 7.14. The molecule has 0 heterocycles. The van der Waals surface area contributed by atoms with Gasteiger partial charge in [-0.25, -0.2) is 0 Å². The van der Waals surface area contributed by atoms with Crippen LogP contribution in [0, 0.1) is 0 Å². The molecule has 0 fully saturated rings. The van der Waals surface area contributed by atoms with E-state index in [9.17, 15) is 4.79 Å². The quantitative estimate of drug-likeness (QED) is 0.626. The third kappa shape index (κ3) is 3.30. The summed E-state index contributed by atoms with van der Waals surface area (Å²) >= 11 is 6.19. The molecule has 0 aliphatic heterocycles. The lowest BCUT2D eigenvalue weighted by atomic mass is 10.1. The number of ether oxygens (including phenoxy) is 2. The van der Waals surface area contributed by atoms with E-state index in [2.05, 4.69) is 24.3 Å². The largest absolute Gasteiger partial charge is 0.493 e. The van der Waals surface area contributed by atoms with Gasteiger partial charge < -0.3 is 9.47 Å². The summed E-state index contributed by atoms with van der Waals surface area (Å²) in [7, 11) is 1.52. The maximum atomic E-state index is 10.9. The highest BCUT2D eigenvalue weighted by Gasteiger charge is 2.12. The minimum Gasteiger partial charge on any atom is -0.493 e. The molecule has 23 heavy (non-hydrogen) atoms. The monoisotopic (exact) mass is 326 g/mol. The lowest BCUT2D eigenvalue weighted by Crippen LogP contribution is -1.99. The maximum Gasteiger partial charge on any atom is 0.180 e. The van der Waals surface area contributed by atoms with E-state index in [-0.39, 0.29) is 0 Å². The molecule has 0 saturated heterocycles. The Bertz CT molecular complexity index is 858. The zero-order valence-electron chi connectivity index (χ0n) is 12.6. The molecule has 0 aromatic heterocycles. The fourth-order valence-electron chi connectivity index (χ4n) is 2.43. The predicted octanol–water partition coefficient (Wildman–Crippen LogP) is 4.89. The number of carbonyl (C=O) groups excluding carboxylic acids is 1. The summed E-state index contributed by atoms with van der Waals surface area (Å²) in [6, 6.07) is 17.5. The van der Waals surface area contributed by atoms with E-state index >= 15 is 0 Å². The molecule has 0 radical (unpaired) electrons. The van der Waals surface area contributed by atoms with Gasteiger partial charge in [-0.2, -0.15) is 0 Å². The lowest BCUT2D eigenvalue weighted by Gasteiger charge is -2.13. The van der Waals surface area contributed by atoms with Crippen molar-refractivity contribution in [2.45, 2.75) is 6.61 Å². The number of carbonyl (C=O) groups is 1. The van der Waals surface area contributed by atoms with Gasteiger partial charge in [0.1, 0.15) is 12.9 Å². The summed E-state index contributed by atoms with van der Waals surface area (Å²) in [5, 5.41) is 2.69. The molecule has 0 atom stereocenters. The number of hydrogen-bond acceptors (Lipinski definition) is 3. The van der Waals surface area contributed by atoms with Crippen molar-refractivity contribution in [1.29, 1.82) is 0 Å². The zero-order valence-corrected chi connectivity index (χ0v) is 13.3. The highest BCUT2D eigenvalue weighted by molar-refractivity contribution is 6.32. The van der Waals surface area contributed by atoms with Gasteiger partial charge in [-0.1, -0.05) is 48.0 Å². The van der Waals surface area contributed by atoms with Crippen molar-refractivity contribution >= 4 is 28.7 Å². The fraction of sp³-hybridized carbons (Fsp3) is 0.105. The van der Waals surface area contributed by atoms with Crippen LogP contribution in [0.1, 0.15) is 15.9 Å². The minimum atomic E-state index is 0.354. The average molecular weight is 327 g/mol. The van der Waals surface area contributed by atoms with Crippen LogP contribution in [0.4, 0.5) is 0 Å². The lowest BCUT2D eigenvalue weighted by molar-refractivity contribution is 0.112. The molecule has 0 spiro atoms. The Morgan fingerprint density at radius 3 is 2.57 bits per heavy atom. The van der Waals surface area contributed by atoms with Crippen LogP contribution >= 0.6 is 11.6 Å². The average Bonchev–Trinajstić information content (AvgIpc) is 2.59. The van der Waals surface area contributed by atoms with Gasteiger partial charge in [0.25, 0.3) is 0 Å². The van der Waals surface area contributed by atoms with Gasteiger partial charge in [0.15, 0.2) is 11.5 Å². The number of halogens is 1. The van der Waals surface area contributed by atoms with Crippen molar-refractivity contribution in [3.05, 3.63) is 70.7 Å². The predicted molar refractivity (Wildman–Crippen MR) is 91.7 cm³/mol. The Labute approximate surface area is 139 Å². The number of fused-ring (bicyclic) bond motifs is 1. The number of rotatable bonds is 5. The molecule has 0 N–H and O–H groups in total. The SMILES string of the molecule is COc1cc(C=O)cc(Cl)c1OCc1ccc2ccccc2c1. The highest BCUT2D eigenvalue weighted by Crippen LogP contribution is 2.36.